The second-order valence-corrected chi connectivity index (χ2v) is 7.00. The van der Waals surface area contributed by atoms with E-state index < -0.39 is 10.0 Å². The van der Waals surface area contributed by atoms with Crippen molar-refractivity contribution in [2.45, 2.75) is 26.2 Å². The van der Waals surface area contributed by atoms with E-state index in [0.29, 0.717) is 13.0 Å². The van der Waals surface area contributed by atoms with Crippen molar-refractivity contribution in [2.75, 3.05) is 24.2 Å². The van der Waals surface area contributed by atoms with Gasteiger partial charge in [-0.2, -0.15) is 4.31 Å². The largest absolute Gasteiger partial charge is 0.325 e. The van der Waals surface area contributed by atoms with Crippen LogP contribution in [-0.2, 0) is 21.2 Å². The highest BCUT2D eigenvalue weighted by Gasteiger charge is 2.27. The molecule has 1 heterocycles. The van der Waals surface area contributed by atoms with Gasteiger partial charge in [-0.1, -0.05) is 25.1 Å². The van der Waals surface area contributed by atoms with E-state index >= 15 is 0 Å². The van der Waals surface area contributed by atoms with Crippen molar-refractivity contribution in [3.63, 3.8) is 0 Å². The fourth-order valence-electron chi connectivity index (χ4n) is 2.32. The molecule has 0 aliphatic carbocycles. The van der Waals surface area contributed by atoms with E-state index in [1.807, 2.05) is 31.2 Å². The molecule has 6 heteroatoms. The zero-order valence-corrected chi connectivity index (χ0v) is 12.4. The predicted molar refractivity (Wildman–Crippen MR) is 79.0 cm³/mol. The lowest BCUT2D eigenvalue weighted by Gasteiger charge is -2.25. The summed E-state index contributed by atoms with van der Waals surface area (Å²) in [5, 5.41) is 2.80. The van der Waals surface area contributed by atoms with Crippen LogP contribution < -0.4 is 5.32 Å². The summed E-state index contributed by atoms with van der Waals surface area (Å²) in [5.41, 5.74) is 1.80. The van der Waals surface area contributed by atoms with Crippen LogP contribution in [0.5, 0.6) is 0 Å². The molecule has 1 aromatic carbocycles. The van der Waals surface area contributed by atoms with E-state index in [1.54, 1.807) is 0 Å². The van der Waals surface area contributed by atoms with Gasteiger partial charge in [-0.15, -0.1) is 0 Å². The maximum Gasteiger partial charge on any atom is 0.239 e. The van der Waals surface area contributed by atoms with Crippen LogP contribution in [0.15, 0.2) is 24.3 Å². The average molecular weight is 296 g/mol. The molecule has 1 fully saturated rings. The molecule has 0 atom stereocenters. The number of aryl methyl sites for hydroxylation is 1. The van der Waals surface area contributed by atoms with Gasteiger partial charge in [-0.3, -0.25) is 4.79 Å². The van der Waals surface area contributed by atoms with Crippen molar-refractivity contribution in [2.24, 2.45) is 0 Å². The van der Waals surface area contributed by atoms with E-state index in [2.05, 4.69) is 5.32 Å². The number of amides is 1. The third-order valence-corrected chi connectivity index (χ3v) is 5.35. The SMILES string of the molecule is CCc1ccccc1NC(=O)CN1CCCCS1(=O)=O. The van der Waals surface area contributed by atoms with Gasteiger partial charge in [0.15, 0.2) is 0 Å². The van der Waals surface area contributed by atoms with Crippen LogP contribution in [0.3, 0.4) is 0 Å². The van der Waals surface area contributed by atoms with Gasteiger partial charge < -0.3 is 5.32 Å². The number of hydrogen-bond acceptors (Lipinski definition) is 3. The summed E-state index contributed by atoms with van der Waals surface area (Å²) in [6.45, 7) is 2.35. The molecule has 0 aromatic heterocycles. The zero-order valence-electron chi connectivity index (χ0n) is 11.6. The molecule has 5 nitrogen and oxygen atoms in total. The monoisotopic (exact) mass is 296 g/mol. The van der Waals surface area contributed by atoms with Gasteiger partial charge in [0, 0.05) is 12.2 Å². The predicted octanol–water partition coefficient (Wildman–Crippen LogP) is 1.61. The standard InChI is InChI=1S/C14H20N2O3S/c1-2-12-7-3-4-8-13(12)15-14(17)11-16-9-5-6-10-20(16,18)19/h3-4,7-8H,2,5-6,9-11H2,1H3,(H,15,17). The highest BCUT2D eigenvalue weighted by molar-refractivity contribution is 7.89. The van der Waals surface area contributed by atoms with Crippen molar-refractivity contribution in [1.82, 2.24) is 4.31 Å². The van der Waals surface area contributed by atoms with Crippen LogP contribution in [0, 0.1) is 0 Å². The Balaban J connectivity index is 2.02. The third kappa shape index (κ3) is 3.58. The Hall–Kier alpha value is -1.40. The van der Waals surface area contributed by atoms with Crippen molar-refractivity contribution >= 4 is 21.6 Å². The van der Waals surface area contributed by atoms with E-state index in [1.165, 1.54) is 4.31 Å². The highest BCUT2D eigenvalue weighted by Crippen LogP contribution is 2.17. The lowest BCUT2D eigenvalue weighted by Crippen LogP contribution is -2.42. The number of benzene rings is 1. The topological polar surface area (TPSA) is 66.5 Å². The first-order valence-electron chi connectivity index (χ1n) is 6.88. The van der Waals surface area contributed by atoms with Gasteiger partial charge in [0.05, 0.1) is 12.3 Å². The minimum absolute atomic E-state index is 0.0968. The van der Waals surface area contributed by atoms with Crippen LogP contribution >= 0.6 is 0 Å². The summed E-state index contributed by atoms with van der Waals surface area (Å²) in [6, 6.07) is 7.56. The molecule has 0 radical (unpaired) electrons. The van der Waals surface area contributed by atoms with Crippen LogP contribution in [0.4, 0.5) is 5.69 Å². The van der Waals surface area contributed by atoms with Gasteiger partial charge in [0.25, 0.3) is 0 Å². The minimum Gasteiger partial charge on any atom is -0.325 e. The number of rotatable bonds is 4. The van der Waals surface area contributed by atoms with E-state index in [4.69, 9.17) is 0 Å². The Kier molecular flexibility index (Phi) is 4.77. The molecule has 0 spiro atoms. The maximum atomic E-state index is 12.0. The Bertz CT molecular complexity index is 584. The van der Waals surface area contributed by atoms with Gasteiger partial charge in [-0.25, -0.2) is 8.42 Å². The normalized spacial score (nSPS) is 18.6. The average Bonchev–Trinajstić information content (AvgIpc) is 2.42. The Morgan fingerprint density at radius 1 is 1.30 bits per heavy atom. The van der Waals surface area contributed by atoms with Gasteiger partial charge in [0.2, 0.25) is 15.9 Å². The smallest absolute Gasteiger partial charge is 0.239 e. The summed E-state index contributed by atoms with van der Waals surface area (Å²) >= 11 is 0. The van der Waals surface area contributed by atoms with E-state index in [-0.39, 0.29) is 18.2 Å². The second kappa shape index (κ2) is 6.37. The molecular formula is C14H20N2O3S. The highest BCUT2D eigenvalue weighted by atomic mass is 32.2. The van der Waals surface area contributed by atoms with Gasteiger partial charge in [0.1, 0.15) is 0 Å². The van der Waals surface area contributed by atoms with Crippen LogP contribution in [0.25, 0.3) is 0 Å². The van der Waals surface area contributed by atoms with Crippen molar-refractivity contribution in [1.29, 1.82) is 0 Å². The number of nitrogens with zero attached hydrogens (tertiary/aromatic N) is 1. The molecule has 1 aliphatic rings. The van der Waals surface area contributed by atoms with Crippen molar-refractivity contribution in [3.8, 4) is 0 Å². The molecular weight excluding hydrogens is 276 g/mol. The lowest BCUT2D eigenvalue weighted by molar-refractivity contribution is -0.116. The molecule has 0 saturated carbocycles. The lowest BCUT2D eigenvalue weighted by atomic mass is 10.1. The van der Waals surface area contributed by atoms with Crippen molar-refractivity contribution < 1.29 is 13.2 Å². The first-order valence-corrected chi connectivity index (χ1v) is 8.49. The molecule has 20 heavy (non-hydrogen) atoms. The first-order chi connectivity index (χ1) is 9.53. The number of carbonyl (C=O) groups is 1. The molecule has 1 aromatic rings. The third-order valence-electron chi connectivity index (χ3n) is 3.45. The fourth-order valence-corrected chi connectivity index (χ4v) is 3.87. The number of nitrogens with one attached hydrogen (secondary N) is 1. The molecule has 0 bridgehead atoms. The summed E-state index contributed by atoms with van der Waals surface area (Å²) in [7, 11) is -3.25. The zero-order chi connectivity index (χ0) is 14.6. The van der Waals surface area contributed by atoms with Crippen LogP contribution in [0.2, 0.25) is 0 Å². The number of hydrogen-bond donors (Lipinski definition) is 1. The second-order valence-electron chi connectivity index (χ2n) is 4.92. The molecule has 1 N–H and O–H groups in total. The molecule has 110 valence electrons. The summed E-state index contributed by atoms with van der Waals surface area (Å²) in [6.07, 6.45) is 2.32. The van der Waals surface area contributed by atoms with Crippen molar-refractivity contribution in [3.05, 3.63) is 29.8 Å². The van der Waals surface area contributed by atoms with E-state index in [9.17, 15) is 13.2 Å². The fraction of sp³-hybridized carbons (Fsp3) is 0.500. The Labute approximate surface area is 120 Å². The van der Waals surface area contributed by atoms with Crippen LogP contribution in [-0.4, -0.2) is 37.5 Å². The van der Waals surface area contributed by atoms with Gasteiger partial charge in [-0.05, 0) is 30.9 Å². The quantitative estimate of drug-likeness (QED) is 0.918. The molecule has 2 rings (SSSR count). The Morgan fingerprint density at radius 2 is 2.05 bits per heavy atom. The number of para-hydroxylation sites is 1. The summed E-state index contributed by atoms with van der Waals surface area (Å²) in [4.78, 5) is 12.0. The van der Waals surface area contributed by atoms with E-state index in [0.717, 1.165) is 24.1 Å². The van der Waals surface area contributed by atoms with Gasteiger partial charge >= 0.3 is 0 Å². The molecule has 1 amide bonds. The number of anilines is 1. The Morgan fingerprint density at radius 3 is 2.75 bits per heavy atom. The molecule has 0 unspecified atom stereocenters. The molecule has 1 aliphatic heterocycles. The first kappa shape index (κ1) is 15.0. The number of sulfonamides is 1. The minimum atomic E-state index is -3.25. The summed E-state index contributed by atoms with van der Waals surface area (Å²) < 4.78 is 25.0. The summed E-state index contributed by atoms with van der Waals surface area (Å²) in [5.74, 6) is -0.136. The maximum absolute atomic E-state index is 12.0. The molecule has 1 saturated heterocycles. The number of carbonyl (C=O) groups excluding carboxylic acids is 1. The van der Waals surface area contributed by atoms with Crippen LogP contribution in [0.1, 0.15) is 25.3 Å².